The van der Waals surface area contributed by atoms with Gasteiger partial charge >= 0.3 is 0 Å². The highest BCUT2D eigenvalue weighted by Crippen LogP contribution is 2.52. The van der Waals surface area contributed by atoms with E-state index in [-0.39, 0.29) is 48.1 Å². The van der Waals surface area contributed by atoms with Crippen LogP contribution in [0.3, 0.4) is 0 Å². The minimum absolute atomic E-state index is 0.00878. The molecule has 0 spiro atoms. The molecule has 1 unspecified atom stereocenters. The summed E-state index contributed by atoms with van der Waals surface area (Å²) in [6.07, 6.45) is 0.653. The normalized spacial score (nSPS) is 29.2. The molecular formula is C26H28ClN3O8. The standard InChI is InChI=1S/C26H28ClN3O8/c1-10(31)29-14-2-3-30(9-14)8-12-6-16(32)19-15(21(12)27)5-11-4-13-7-17(33)20(25(28)37)24(36)26(13,38)23(35)18(11)22(19)34/h6,11,13-14,32-33,35,38H,2-5,7-9H2,1H3,(H2,28,37)(H,29,31)/t11?,13-,14+,26-/m0/s1. The fourth-order valence-corrected chi connectivity index (χ4v) is 6.75. The Morgan fingerprint density at radius 3 is 2.61 bits per heavy atom. The smallest absolute Gasteiger partial charge is 0.255 e. The summed E-state index contributed by atoms with van der Waals surface area (Å²) in [6.45, 7) is 3.16. The van der Waals surface area contributed by atoms with E-state index in [9.17, 15) is 39.6 Å². The number of nitrogens with one attached hydrogen (secondary N) is 1. The molecule has 0 saturated carbocycles. The minimum Gasteiger partial charge on any atom is -0.511 e. The van der Waals surface area contributed by atoms with Gasteiger partial charge in [0.05, 0.1) is 5.56 Å². The number of carbonyl (C=O) groups excluding carboxylic acids is 4. The van der Waals surface area contributed by atoms with Crippen LogP contribution in [0.1, 0.15) is 47.7 Å². The van der Waals surface area contributed by atoms with E-state index >= 15 is 0 Å². The van der Waals surface area contributed by atoms with Crippen molar-refractivity contribution in [3.8, 4) is 5.75 Å². The molecule has 7 N–H and O–H groups in total. The molecule has 1 fully saturated rings. The van der Waals surface area contributed by atoms with Gasteiger partial charge in [-0.05, 0) is 42.4 Å². The number of fused-ring (bicyclic) bond motifs is 3. The number of primary amides is 1. The lowest BCUT2D eigenvalue weighted by Crippen LogP contribution is -2.57. The topological polar surface area (TPSA) is 190 Å². The number of carbonyl (C=O) groups is 4. The van der Waals surface area contributed by atoms with E-state index in [1.54, 1.807) is 0 Å². The fraction of sp³-hybridized carbons (Fsp3) is 0.462. The maximum absolute atomic E-state index is 13.6. The second-order valence-corrected chi connectivity index (χ2v) is 10.9. The first-order valence-electron chi connectivity index (χ1n) is 12.3. The first-order chi connectivity index (χ1) is 17.8. The van der Waals surface area contributed by atoms with Gasteiger partial charge in [-0.1, -0.05) is 11.6 Å². The molecule has 202 valence electrons. The number of hydrogen-bond acceptors (Lipinski definition) is 9. The lowest BCUT2D eigenvalue weighted by molar-refractivity contribution is -0.144. The van der Waals surface area contributed by atoms with Gasteiger partial charge in [0.1, 0.15) is 22.8 Å². The Balaban J connectivity index is 1.50. The van der Waals surface area contributed by atoms with Gasteiger partial charge in [0, 0.05) is 55.5 Å². The third-order valence-electron chi connectivity index (χ3n) is 8.14. The molecule has 0 radical (unpaired) electrons. The number of ketones is 2. The van der Waals surface area contributed by atoms with E-state index in [0.29, 0.717) is 35.8 Å². The number of allylic oxidation sites excluding steroid dienone is 2. The number of phenolic OH excluding ortho intramolecular Hbond substituents is 1. The maximum Gasteiger partial charge on any atom is 0.255 e. The number of Topliss-reactive ketones (excluding diaryl/α,β-unsaturated/α-hetero) is 2. The van der Waals surface area contributed by atoms with Crippen molar-refractivity contribution in [1.29, 1.82) is 0 Å². The summed E-state index contributed by atoms with van der Waals surface area (Å²) in [5.41, 5.74) is 2.45. The Morgan fingerprint density at radius 2 is 1.95 bits per heavy atom. The molecule has 2 amide bonds. The second-order valence-electron chi connectivity index (χ2n) is 10.6. The van der Waals surface area contributed by atoms with Gasteiger partial charge in [0.15, 0.2) is 11.4 Å². The van der Waals surface area contributed by atoms with Crippen LogP contribution in [0.25, 0.3) is 0 Å². The van der Waals surface area contributed by atoms with E-state index in [2.05, 4.69) is 10.2 Å². The lowest BCUT2D eigenvalue weighted by atomic mass is 9.60. The van der Waals surface area contributed by atoms with Crippen molar-refractivity contribution >= 4 is 35.0 Å². The molecule has 4 aliphatic rings. The Morgan fingerprint density at radius 1 is 1.24 bits per heavy atom. The van der Waals surface area contributed by atoms with Crippen LogP contribution in [0.4, 0.5) is 0 Å². The fourth-order valence-electron chi connectivity index (χ4n) is 6.46. The average Bonchev–Trinajstić information content (AvgIpc) is 3.25. The molecule has 1 saturated heterocycles. The number of aliphatic hydroxyl groups is 3. The summed E-state index contributed by atoms with van der Waals surface area (Å²) in [6, 6.07) is 1.40. The van der Waals surface area contributed by atoms with E-state index in [4.69, 9.17) is 17.3 Å². The molecule has 11 nitrogen and oxygen atoms in total. The number of hydrogen-bond donors (Lipinski definition) is 6. The van der Waals surface area contributed by atoms with Gasteiger partial charge < -0.3 is 31.5 Å². The van der Waals surface area contributed by atoms with Crippen LogP contribution < -0.4 is 11.1 Å². The highest BCUT2D eigenvalue weighted by Gasteiger charge is 2.59. The number of nitrogens with two attached hydrogens (primary N) is 1. The molecule has 38 heavy (non-hydrogen) atoms. The van der Waals surface area contributed by atoms with Gasteiger partial charge in [-0.15, -0.1) is 0 Å². The molecule has 0 bridgehead atoms. The first-order valence-corrected chi connectivity index (χ1v) is 12.7. The van der Waals surface area contributed by atoms with E-state index in [1.165, 1.54) is 13.0 Å². The van der Waals surface area contributed by atoms with Crippen molar-refractivity contribution in [2.24, 2.45) is 17.6 Å². The molecular weight excluding hydrogens is 518 g/mol. The number of nitrogens with zero attached hydrogens (tertiary/aromatic N) is 1. The summed E-state index contributed by atoms with van der Waals surface area (Å²) in [7, 11) is 0. The second kappa shape index (κ2) is 9.11. The Kier molecular flexibility index (Phi) is 6.28. The van der Waals surface area contributed by atoms with E-state index in [0.717, 1.165) is 6.42 Å². The molecule has 12 heteroatoms. The number of halogens is 1. The molecule has 3 aliphatic carbocycles. The molecule has 4 atom stereocenters. The minimum atomic E-state index is -2.60. The molecule has 1 aliphatic heterocycles. The zero-order valence-electron chi connectivity index (χ0n) is 20.6. The van der Waals surface area contributed by atoms with Gasteiger partial charge in [-0.25, -0.2) is 0 Å². The number of aromatic hydroxyl groups is 1. The Bertz CT molecular complexity index is 1370. The summed E-state index contributed by atoms with van der Waals surface area (Å²) in [4.78, 5) is 51.8. The highest BCUT2D eigenvalue weighted by molar-refractivity contribution is 6.33. The third-order valence-corrected chi connectivity index (χ3v) is 8.61. The summed E-state index contributed by atoms with van der Waals surface area (Å²) < 4.78 is 0. The Labute approximate surface area is 222 Å². The van der Waals surface area contributed by atoms with Crippen molar-refractivity contribution in [3.05, 3.63) is 50.4 Å². The van der Waals surface area contributed by atoms with Crippen LogP contribution in [0, 0.1) is 11.8 Å². The van der Waals surface area contributed by atoms with Gasteiger partial charge in [-0.3, -0.25) is 24.1 Å². The van der Waals surface area contributed by atoms with Crippen LogP contribution in [0.5, 0.6) is 5.75 Å². The summed E-state index contributed by atoms with van der Waals surface area (Å²) >= 11 is 6.76. The van der Waals surface area contributed by atoms with Crippen LogP contribution in [-0.4, -0.2) is 73.4 Å². The zero-order valence-corrected chi connectivity index (χ0v) is 21.3. The van der Waals surface area contributed by atoms with Crippen molar-refractivity contribution in [2.45, 2.75) is 50.8 Å². The number of phenols is 1. The predicted molar refractivity (Wildman–Crippen MR) is 133 cm³/mol. The number of aliphatic hydroxyl groups excluding tert-OH is 2. The predicted octanol–water partition coefficient (Wildman–Crippen LogP) is 0.944. The van der Waals surface area contributed by atoms with E-state index in [1.807, 2.05) is 0 Å². The largest absolute Gasteiger partial charge is 0.511 e. The molecule has 1 heterocycles. The number of rotatable bonds is 4. The van der Waals surface area contributed by atoms with Crippen molar-refractivity contribution in [2.75, 3.05) is 13.1 Å². The monoisotopic (exact) mass is 545 g/mol. The molecule has 0 aromatic heterocycles. The van der Waals surface area contributed by atoms with Gasteiger partial charge in [0.25, 0.3) is 5.91 Å². The highest BCUT2D eigenvalue weighted by atomic mass is 35.5. The SMILES string of the molecule is CC(=O)N[C@@H]1CCN(Cc2cc(O)c3c(c2Cl)CC2C[C@H]4CC(O)=C(C(N)=O)C(=O)[C@@]4(O)C(O)=C2C3=O)C1. The van der Waals surface area contributed by atoms with Crippen molar-refractivity contribution < 1.29 is 39.6 Å². The first kappa shape index (κ1) is 26.2. The van der Waals surface area contributed by atoms with Crippen molar-refractivity contribution in [1.82, 2.24) is 10.2 Å². The molecule has 1 aromatic carbocycles. The number of benzene rings is 1. The van der Waals surface area contributed by atoms with Crippen LogP contribution in [-0.2, 0) is 27.3 Å². The van der Waals surface area contributed by atoms with Crippen LogP contribution in [0.15, 0.2) is 28.7 Å². The quantitative estimate of drug-likeness (QED) is 0.299. The van der Waals surface area contributed by atoms with Crippen LogP contribution in [0.2, 0.25) is 5.02 Å². The maximum atomic E-state index is 13.6. The summed E-state index contributed by atoms with van der Waals surface area (Å²) in [5.74, 6) is -6.87. The zero-order chi connectivity index (χ0) is 27.7. The lowest BCUT2D eigenvalue weighted by Gasteiger charge is -2.45. The number of amides is 2. The number of likely N-dealkylation sites (tertiary alicyclic amines) is 1. The van der Waals surface area contributed by atoms with E-state index < -0.39 is 52.0 Å². The molecule has 1 aromatic rings. The van der Waals surface area contributed by atoms with Crippen LogP contribution >= 0.6 is 11.6 Å². The Hall–Kier alpha value is -3.41. The van der Waals surface area contributed by atoms with Crippen molar-refractivity contribution in [3.63, 3.8) is 0 Å². The third kappa shape index (κ3) is 3.88. The average molecular weight is 546 g/mol. The molecule has 5 rings (SSSR count). The van der Waals surface area contributed by atoms with Gasteiger partial charge in [0.2, 0.25) is 11.7 Å². The van der Waals surface area contributed by atoms with Gasteiger partial charge in [-0.2, -0.15) is 0 Å². The summed E-state index contributed by atoms with van der Waals surface area (Å²) in [5, 5.41) is 46.7.